The van der Waals surface area contributed by atoms with Gasteiger partial charge in [-0.1, -0.05) is 60.7 Å². The molecule has 0 heterocycles. The van der Waals surface area contributed by atoms with Crippen LogP contribution in [-0.2, 0) is 6.61 Å². The molecule has 0 bridgehead atoms. The maximum atomic E-state index is 5.99. The van der Waals surface area contributed by atoms with E-state index in [0.717, 1.165) is 24.7 Å². The van der Waals surface area contributed by atoms with Crippen LogP contribution in [0, 0.1) is 6.92 Å². The summed E-state index contributed by atoms with van der Waals surface area (Å²) in [5.41, 5.74) is 3.84. The molecule has 3 aromatic carbocycles. The molecule has 0 radical (unpaired) electrons. The van der Waals surface area contributed by atoms with Crippen LogP contribution in [0.1, 0.15) is 48.3 Å². The number of likely N-dealkylation sites (N-methyl/N-ethyl adjacent to an activating group) is 1. The molecule has 0 aromatic heterocycles. The standard InChI is InChI=1S/C29H35NO2/c1-23-8-6-7-11-29(23)31-21-20-30(2)27-16-12-25(13-17-27)26-14-18-28(19-15-26)32-22-24-9-4-3-5-10-24/h3-11,14-15,18-19,25,27H,12-13,16-17,20-22H2,1-2H3/t25-,27-. The lowest BCUT2D eigenvalue weighted by Crippen LogP contribution is -2.37. The maximum Gasteiger partial charge on any atom is 0.122 e. The minimum Gasteiger partial charge on any atom is -0.492 e. The second-order valence-electron chi connectivity index (χ2n) is 8.94. The van der Waals surface area contributed by atoms with Crippen molar-refractivity contribution in [3.63, 3.8) is 0 Å². The highest BCUT2D eigenvalue weighted by Crippen LogP contribution is 2.35. The van der Waals surface area contributed by atoms with Crippen LogP contribution in [-0.4, -0.2) is 31.1 Å². The molecule has 0 amide bonds. The summed E-state index contributed by atoms with van der Waals surface area (Å²) >= 11 is 0. The first-order chi connectivity index (χ1) is 15.7. The Bertz CT molecular complexity index is 946. The van der Waals surface area contributed by atoms with Crippen LogP contribution in [0.2, 0.25) is 0 Å². The van der Waals surface area contributed by atoms with Gasteiger partial charge in [0.05, 0.1) is 0 Å². The van der Waals surface area contributed by atoms with Gasteiger partial charge in [-0.15, -0.1) is 0 Å². The van der Waals surface area contributed by atoms with Gasteiger partial charge < -0.3 is 14.4 Å². The Morgan fingerprint density at radius 2 is 1.47 bits per heavy atom. The summed E-state index contributed by atoms with van der Waals surface area (Å²) < 4.78 is 11.9. The predicted molar refractivity (Wildman–Crippen MR) is 132 cm³/mol. The SMILES string of the molecule is Cc1ccccc1OCCN(C)[C@H]1CC[C@H](c2ccc(OCc3ccccc3)cc2)CC1. The number of hydrogen-bond donors (Lipinski definition) is 0. The molecule has 1 saturated carbocycles. The molecule has 4 rings (SSSR count). The summed E-state index contributed by atoms with van der Waals surface area (Å²) in [6.45, 7) is 4.43. The number of hydrogen-bond acceptors (Lipinski definition) is 3. The number of aryl methyl sites for hydroxylation is 1. The zero-order chi connectivity index (χ0) is 22.2. The molecule has 1 fully saturated rings. The fourth-order valence-electron chi connectivity index (χ4n) is 4.63. The lowest BCUT2D eigenvalue weighted by atomic mass is 9.81. The largest absolute Gasteiger partial charge is 0.492 e. The van der Waals surface area contributed by atoms with Crippen LogP contribution in [0.5, 0.6) is 11.5 Å². The third-order valence-electron chi connectivity index (χ3n) is 6.72. The van der Waals surface area contributed by atoms with Crippen molar-refractivity contribution in [2.75, 3.05) is 20.2 Å². The molecule has 0 spiro atoms. The van der Waals surface area contributed by atoms with E-state index in [0.29, 0.717) is 18.6 Å². The predicted octanol–water partition coefficient (Wildman–Crippen LogP) is 6.61. The Labute approximate surface area is 193 Å². The van der Waals surface area contributed by atoms with Crippen molar-refractivity contribution in [3.05, 3.63) is 95.6 Å². The summed E-state index contributed by atoms with van der Waals surface area (Å²) in [4.78, 5) is 2.48. The number of benzene rings is 3. The molecule has 0 aliphatic heterocycles. The van der Waals surface area contributed by atoms with Gasteiger partial charge in [-0.2, -0.15) is 0 Å². The Kier molecular flexibility index (Phi) is 7.84. The van der Waals surface area contributed by atoms with Gasteiger partial charge >= 0.3 is 0 Å². The summed E-state index contributed by atoms with van der Waals surface area (Å²) in [6, 6.07) is 28.0. The third kappa shape index (κ3) is 6.14. The Balaban J connectivity index is 1.19. The first-order valence-corrected chi connectivity index (χ1v) is 11.8. The van der Waals surface area contributed by atoms with Crippen LogP contribution < -0.4 is 9.47 Å². The van der Waals surface area contributed by atoms with Gasteiger partial charge in [-0.25, -0.2) is 0 Å². The molecular weight excluding hydrogens is 394 g/mol. The van der Waals surface area contributed by atoms with Gasteiger partial charge in [0.1, 0.15) is 24.7 Å². The zero-order valence-corrected chi connectivity index (χ0v) is 19.4. The number of nitrogens with zero attached hydrogens (tertiary/aromatic N) is 1. The Morgan fingerprint density at radius 1 is 0.781 bits per heavy atom. The van der Waals surface area contributed by atoms with Crippen molar-refractivity contribution < 1.29 is 9.47 Å². The van der Waals surface area contributed by atoms with Gasteiger partial charge in [0.25, 0.3) is 0 Å². The van der Waals surface area contributed by atoms with Crippen LogP contribution in [0.4, 0.5) is 0 Å². The van der Waals surface area contributed by atoms with Crippen molar-refractivity contribution >= 4 is 0 Å². The Morgan fingerprint density at radius 3 is 2.19 bits per heavy atom. The average molecular weight is 430 g/mol. The molecule has 3 nitrogen and oxygen atoms in total. The van der Waals surface area contributed by atoms with E-state index in [-0.39, 0.29) is 0 Å². The van der Waals surface area contributed by atoms with Crippen molar-refractivity contribution in [3.8, 4) is 11.5 Å². The van der Waals surface area contributed by atoms with E-state index in [4.69, 9.17) is 9.47 Å². The number of ether oxygens (including phenoxy) is 2. The van der Waals surface area contributed by atoms with E-state index in [1.807, 2.05) is 24.3 Å². The fourth-order valence-corrected chi connectivity index (χ4v) is 4.63. The van der Waals surface area contributed by atoms with E-state index < -0.39 is 0 Å². The Hall–Kier alpha value is -2.78. The molecule has 0 unspecified atom stereocenters. The van der Waals surface area contributed by atoms with Crippen molar-refractivity contribution in [1.29, 1.82) is 0 Å². The third-order valence-corrected chi connectivity index (χ3v) is 6.72. The van der Waals surface area contributed by atoms with E-state index >= 15 is 0 Å². The zero-order valence-electron chi connectivity index (χ0n) is 19.4. The minimum atomic E-state index is 0.616. The molecule has 3 aromatic rings. The highest BCUT2D eigenvalue weighted by atomic mass is 16.5. The highest BCUT2D eigenvalue weighted by molar-refractivity contribution is 5.32. The average Bonchev–Trinajstić information content (AvgIpc) is 2.85. The summed E-state index contributed by atoms with van der Waals surface area (Å²) in [7, 11) is 2.24. The van der Waals surface area contributed by atoms with Crippen molar-refractivity contribution in [2.45, 2.75) is 51.2 Å². The summed E-state index contributed by atoms with van der Waals surface area (Å²) in [5, 5.41) is 0. The second kappa shape index (κ2) is 11.2. The molecule has 1 aliphatic carbocycles. The minimum absolute atomic E-state index is 0.616. The second-order valence-corrected chi connectivity index (χ2v) is 8.94. The molecule has 0 saturated heterocycles. The normalized spacial score (nSPS) is 18.5. The van der Waals surface area contributed by atoms with Crippen molar-refractivity contribution in [2.24, 2.45) is 0 Å². The summed E-state index contributed by atoms with van der Waals surface area (Å²) in [6.07, 6.45) is 4.99. The summed E-state index contributed by atoms with van der Waals surface area (Å²) in [5.74, 6) is 2.60. The molecule has 0 atom stereocenters. The van der Waals surface area contributed by atoms with Gasteiger partial charge in [-0.05, 0) is 80.5 Å². The van der Waals surface area contributed by atoms with Crippen LogP contribution in [0.15, 0.2) is 78.9 Å². The first-order valence-electron chi connectivity index (χ1n) is 11.8. The molecule has 168 valence electrons. The van der Waals surface area contributed by atoms with Gasteiger partial charge in [0.2, 0.25) is 0 Å². The van der Waals surface area contributed by atoms with Gasteiger partial charge in [0, 0.05) is 12.6 Å². The van der Waals surface area contributed by atoms with Crippen molar-refractivity contribution in [1.82, 2.24) is 4.90 Å². The first kappa shape index (κ1) is 22.4. The van der Waals surface area contributed by atoms with Gasteiger partial charge in [0.15, 0.2) is 0 Å². The van der Waals surface area contributed by atoms with E-state index in [2.05, 4.69) is 73.5 Å². The molecule has 0 N–H and O–H groups in total. The molecular formula is C29H35NO2. The van der Waals surface area contributed by atoms with Crippen LogP contribution >= 0.6 is 0 Å². The lowest BCUT2D eigenvalue weighted by Gasteiger charge is -2.35. The van der Waals surface area contributed by atoms with Gasteiger partial charge in [-0.3, -0.25) is 0 Å². The number of rotatable bonds is 9. The number of para-hydroxylation sites is 1. The fraction of sp³-hybridized carbons (Fsp3) is 0.379. The molecule has 3 heteroatoms. The van der Waals surface area contributed by atoms with Crippen LogP contribution in [0.25, 0.3) is 0 Å². The monoisotopic (exact) mass is 429 g/mol. The lowest BCUT2D eigenvalue weighted by molar-refractivity contribution is 0.153. The van der Waals surface area contributed by atoms with Crippen LogP contribution in [0.3, 0.4) is 0 Å². The topological polar surface area (TPSA) is 21.7 Å². The van der Waals surface area contributed by atoms with E-state index in [9.17, 15) is 0 Å². The smallest absolute Gasteiger partial charge is 0.122 e. The molecule has 1 aliphatic rings. The molecule has 32 heavy (non-hydrogen) atoms. The highest BCUT2D eigenvalue weighted by Gasteiger charge is 2.25. The van der Waals surface area contributed by atoms with E-state index in [1.165, 1.54) is 42.4 Å². The van der Waals surface area contributed by atoms with E-state index in [1.54, 1.807) is 0 Å². The maximum absolute atomic E-state index is 5.99. The quantitative estimate of drug-likeness (QED) is 0.382.